The van der Waals surface area contributed by atoms with Crippen LogP contribution in [0.2, 0.25) is 5.15 Å². The first-order chi connectivity index (χ1) is 13.6. The third kappa shape index (κ3) is 4.78. The molecule has 1 amide bonds. The number of halogens is 1. The fraction of sp³-hybridized carbons (Fsp3) is 0.190. The van der Waals surface area contributed by atoms with E-state index in [0.29, 0.717) is 23.5 Å². The molecule has 3 aromatic rings. The number of esters is 1. The SMILES string of the molecule is CCOc1ccccc1C(=O)NCC(=O)OCc1cc2ccccc2nc1Cl. The second kappa shape index (κ2) is 9.19. The number of para-hydroxylation sites is 2. The van der Waals surface area contributed by atoms with Gasteiger partial charge in [0.25, 0.3) is 5.91 Å². The Morgan fingerprint density at radius 2 is 1.86 bits per heavy atom. The minimum absolute atomic E-state index is 0.0269. The Hall–Kier alpha value is -3.12. The number of benzene rings is 2. The lowest BCUT2D eigenvalue weighted by Crippen LogP contribution is -2.30. The standard InChI is InChI=1S/C21H19ClN2O4/c1-2-27-18-10-6-4-8-16(18)21(26)23-12-19(25)28-13-15-11-14-7-3-5-9-17(14)24-20(15)22/h3-11H,2,12-13H2,1H3,(H,23,26). The first-order valence-electron chi connectivity index (χ1n) is 8.78. The van der Waals surface area contributed by atoms with Gasteiger partial charge in [0, 0.05) is 10.9 Å². The van der Waals surface area contributed by atoms with Crippen molar-refractivity contribution in [2.24, 2.45) is 0 Å². The molecule has 0 saturated carbocycles. The van der Waals surface area contributed by atoms with Crippen molar-refractivity contribution >= 4 is 34.4 Å². The number of carbonyl (C=O) groups is 2. The number of carbonyl (C=O) groups excluding carboxylic acids is 2. The molecule has 0 aliphatic carbocycles. The minimum Gasteiger partial charge on any atom is -0.493 e. The maximum Gasteiger partial charge on any atom is 0.325 e. The molecule has 1 heterocycles. The molecule has 0 aliphatic heterocycles. The summed E-state index contributed by atoms with van der Waals surface area (Å²) in [7, 11) is 0. The molecule has 0 radical (unpaired) electrons. The average molecular weight is 399 g/mol. The topological polar surface area (TPSA) is 77.5 Å². The molecule has 0 atom stereocenters. The van der Waals surface area contributed by atoms with Crippen molar-refractivity contribution < 1.29 is 19.1 Å². The highest BCUT2D eigenvalue weighted by atomic mass is 35.5. The van der Waals surface area contributed by atoms with Crippen molar-refractivity contribution in [1.82, 2.24) is 10.3 Å². The van der Waals surface area contributed by atoms with Crippen LogP contribution in [0.25, 0.3) is 10.9 Å². The van der Waals surface area contributed by atoms with E-state index in [1.165, 1.54) is 0 Å². The van der Waals surface area contributed by atoms with Gasteiger partial charge in [0.15, 0.2) is 0 Å². The predicted octanol–water partition coefficient (Wildman–Crippen LogP) is 3.76. The van der Waals surface area contributed by atoms with Crippen LogP contribution in [0.15, 0.2) is 54.6 Å². The lowest BCUT2D eigenvalue weighted by atomic mass is 10.2. The summed E-state index contributed by atoms with van der Waals surface area (Å²) >= 11 is 6.16. The number of aromatic nitrogens is 1. The van der Waals surface area contributed by atoms with E-state index in [2.05, 4.69) is 10.3 Å². The fourth-order valence-corrected chi connectivity index (χ4v) is 2.83. The van der Waals surface area contributed by atoms with Crippen LogP contribution in [0.5, 0.6) is 5.75 Å². The number of hydrogen-bond acceptors (Lipinski definition) is 5. The molecular weight excluding hydrogens is 380 g/mol. The monoisotopic (exact) mass is 398 g/mol. The van der Waals surface area contributed by atoms with Crippen molar-refractivity contribution in [1.29, 1.82) is 0 Å². The molecule has 1 aromatic heterocycles. The van der Waals surface area contributed by atoms with Gasteiger partial charge in [-0.25, -0.2) is 4.98 Å². The lowest BCUT2D eigenvalue weighted by Gasteiger charge is -2.11. The van der Waals surface area contributed by atoms with E-state index in [1.54, 1.807) is 24.3 Å². The van der Waals surface area contributed by atoms with Crippen molar-refractivity contribution in [2.45, 2.75) is 13.5 Å². The first kappa shape index (κ1) is 19.6. The molecular formula is C21H19ClN2O4. The predicted molar refractivity (Wildman–Crippen MR) is 106 cm³/mol. The fourth-order valence-electron chi connectivity index (χ4n) is 2.63. The van der Waals surface area contributed by atoms with Gasteiger partial charge in [0.1, 0.15) is 24.1 Å². The summed E-state index contributed by atoms with van der Waals surface area (Å²) in [6.45, 7) is 1.98. The average Bonchev–Trinajstić information content (AvgIpc) is 2.71. The maximum absolute atomic E-state index is 12.3. The Bertz CT molecular complexity index is 1010. The number of rotatable bonds is 7. The molecule has 0 bridgehead atoms. The Morgan fingerprint density at radius 3 is 2.68 bits per heavy atom. The van der Waals surface area contributed by atoms with Crippen LogP contribution in [-0.2, 0) is 16.1 Å². The molecule has 0 saturated heterocycles. The van der Waals surface area contributed by atoms with Gasteiger partial charge in [0.05, 0.1) is 17.7 Å². The summed E-state index contributed by atoms with van der Waals surface area (Å²) in [5.74, 6) is -0.525. The zero-order valence-corrected chi connectivity index (χ0v) is 16.0. The molecule has 0 unspecified atom stereocenters. The molecule has 1 N–H and O–H groups in total. The van der Waals surface area contributed by atoms with Crippen LogP contribution >= 0.6 is 11.6 Å². The van der Waals surface area contributed by atoms with Crippen molar-refractivity contribution in [3.05, 3.63) is 70.9 Å². The summed E-state index contributed by atoms with van der Waals surface area (Å²) in [6, 6.07) is 16.2. The molecule has 2 aromatic carbocycles. The van der Waals surface area contributed by atoms with Gasteiger partial charge in [-0.15, -0.1) is 0 Å². The molecule has 0 fully saturated rings. The van der Waals surface area contributed by atoms with Crippen LogP contribution in [0.1, 0.15) is 22.8 Å². The molecule has 0 aliphatic rings. The summed E-state index contributed by atoms with van der Waals surface area (Å²) in [4.78, 5) is 28.6. The highest BCUT2D eigenvalue weighted by molar-refractivity contribution is 6.30. The normalized spacial score (nSPS) is 10.5. The number of nitrogens with one attached hydrogen (secondary N) is 1. The maximum atomic E-state index is 12.3. The number of pyridine rings is 1. The third-order valence-corrected chi connectivity index (χ3v) is 4.29. The summed E-state index contributed by atoms with van der Waals surface area (Å²) < 4.78 is 10.6. The van der Waals surface area contributed by atoms with E-state index in [0.717, 1.165) is 10.9 Å². The zero-order chi connectivity index (χ0) is 19.9. The van der Waals surface area contributed by atoms with E-state index < -0.39 is 11.9 Å². The summed E-state index contributed by atoms with van der Waals surface area (Å²) in [5.41, 5.74) is 1.73. The molecule has 144 valence electrons. The number of nitrogens with zero attached hydrogens (tertiary/aromatic N) is 1. The van der Waals surface area contributed by atoms with Gasteiger partial charge < -0.3 is 14.8 Å². The van der Waals surface area contributed by atoms with Gasteiger partial charge in [-0.05, 0) is 31.2 Å². The van der Waals surface area contributed by atoms with Crippen LogP contribution in [0, 0.1) is 0 Å². The highest BCUT2D eigenvalue weighted by Gasteiger charge is 2.14. The molecule has 0 spiro atoms. The van der Waals surface area contributed by atoms with E-state index in [9.17, 15) is 9.59 Å². The van der Waals surface area contributed by atoms with Crippen molar-refractivity contribution in [2.75, 3.05) is 13.2 Å². The third-order valence-electron chi connectivity index (χ3n) is 3.96. The van der Waals surface area contributed by atoms with Gasteiger partial charge in [-0.1, -0.05) is 41.9 Å². The Morgan fingerprint density at radius 1 is 1.11 bits per heavy atom. The van der Waals surface area contributed by atoms with Crippen molar-refractivity contribution in [3.63, 3.8) is 0 Å². The van der Waals surface area contributed by atoms with E-state index in [1.807, 2.05) is 37.3 Å². The van der Waals surface area contributed by atoms with Gasteiger partial charge in [-0.3, -0.25) is 9.59 Å². The number of amides is 1. The number of ether oxygens (including phenoxy) is 2. The second-order valence-electron chi connectivity index (χ2n) is 5.90. The molecule has 28 heavy (non-hydrogen) atoms. The smallest absolute Gasteiger partial charge is 0.325 e. The van der Waals surface area contributed by atoms with Crippen LogP contribution in [0.3, 0.4) is 0 Å². The number of fused-ring (bicyclic) bond motifs is 1. The van der Waals surface area contributed by atoms with Crippen LogP contribution in [-0.4, -0.2) is 30.0 Å². The molecule has 7 heteroatoms. The summed E-state index contributed by atoms with van der Waals surface area (Å²) in [6.07, 6.45) is 0. The molecule has 3 rings (SSSR count). The van der Waals surface area contributed by atoms with E-state index in [4.69, 9.17) is 21.1 Å². The van der Waals surface area contributed by atoms with Gasteiger partial charge in [0.2, 0.25) is 0 Å². The van der Waals surface area contributed by atoms with E-state index in [-0.39, 0.29) is 18.3 Å². The Kier molecular flexibility index (Phi) is 6.45. The van der Waals surface area contributed by atoms with Gasteiger partial charge in [-0.2, -0.15) is 0 Å². The Labute approximate surface area is 167 Å². The van der Waals surface area contributed by atoms with E-state index >= 15 is 0 Å². The number of hydrogen-bond donors (Lipinski definition) is 1. The molecule has 6 nitrogen and oxygen atoms in total. The quantitative estimate of drug-likeness (QED) is 0.484. The largest absolute Gasteiger partial charge is 0.493 e. The second-order valence-corrected chi connectivity index (χ2v) is 6.26. The van der Waals surface area contributed by atoms with Crippen LogP contribution in [0.4, 0.5) is 0 Å². The van der Waals surface area contributed by atoms with Crippen molar-refractivity contribution in [3.8, 4) is 5.75 Å². The Balaban J connectivity index is 1.56. The summed E-state index contributed by atoms with van der Waals surface area (Å²) in [5, 5.41) is 3.72. The van der Waals surface area contributed by atoms with Crippen LogP contribution < -0.4 is 10.1 Å². The highest BCUT2D eigenvalue weighted by Crippen LogP contribution is 2.21. The van der Waals surface area contributed by atoms with Gasteiger partial charge >= 0.3 is 5.97 Å². The zero-order valence-electron chi connectivity index (χ0n) is 15.3. The first-order valence-corrected chi connectivity index (χ1v) is 9.16. The lowest BCUT2D eigenvalue weighted by molar-refractivity contribution is -0.143. The minimum atomic E-state index is -0.577.